The molecular formula is C16H27NOS. The summed E-state index contributed by atoms with van der Waals surface area (Å²) in [6, 6.07) is 10.5. The Morgan fingerprint density at radius 1 is 1.21 bits per heavy atom. The summed E-state index contributed by atoms with van der Waals surface area (Å²) in [6.07, 6.45) is 4.51. The minimum Gasteiger partial charge on any atom is -0.394 e. The van der Waals surface area contributed by atoms with Gasteiger partial charge in [0.1, 0.15) is 0 Å². The molecule has 0 aromatic heterocycles. The van der Waals surface area contributed by atoms with Crippen LogP contribution in [0.4, 0.5) is 0 Å². The number of hydrogen-bond donors (Lipinski definition) is 2. The van der Waals surface area contributed by atoms with Crippen LogP contribution < -0.4 is 5.32 Å². The second-order valence-corrected chi connectivity index (χ2v) is 6.43. The van der Waals surface area contributed by atoms with Crippen molar-refractivity contribution < 1.29 is 5.11 Å². The van der Waals surface area contributed by atoms with Crippen LogP contribution in [0.3, 0.4) is 0 Å². The van der Waals surface area contributed by atoms with Crippen LogP contribution in [-0.4, -0.2) is 29.5 Å². The number of rotatable bonds is 10. The van der Waals surface area contributed by atoms with Crippen molar-refractivity contribution >= 4 is 11.8 Å². The molecule has 0 aliphatic carbocycles. The van der Waals surface area contributed by atoms with Crippen LogP contribution >= 0.6 is 11.8 Å². The minimum absolute atomic E-state index is 0.104. The van der Waals surface area contributed by atoms with Gasteiger partial charge in [-0.1, -0.05) is 31.5 Å². The van der Waals surface area contributed by atoms with Crippen molar-refractivity contribution in [3.63, 3.8) is 0 Å². The number of thioether (sulfide) groups is 1. The van der Waals surface area contributed by atoms with Gasteiger partial charge in [-0.3, -0.25) is 0 Å². The van der Waals surface area contributed by atoms with Gasteiger partial charge in [0.25, 0.3) is 0 Å². The molecule has 0 saturated heterocycles. The molecule has 1 aromatic rings. The van der Waals surface area contributed by atoms with E-state index in [1.165, 1.54) is 11.3 Å². The highest BCUT2D eigenvalue weighted by Gasteiger charge is 2.21. The van der Waals surface area contributed by atoms with Crippen molar-refractivity contribution in [2.24, 2.45) is 0 Å². The van der Waals surface area contributed by atoms with Crippen molar-refractivity contribution in [3.05, 3.63) is 30.3 Å². The normalized spacial score (nSPS) is 14.3. The summed E-state index contributed by atoms with van der Waals surface area (Å²) in [5.74, 6) is 1.15. The summed E-state index contributed by atoms with van der Waals surface area (Å²) >= 11 is 1.91. The smallest absolute Gasteiger partial charge is 0.0610 e. The fraction of sp³-hybridized carbons (Fsp3) is 0.625. The molecule has 0 radical (unpaired) electrons. The van der Waals surface area contributed by atoms with Crippen molar-refractivity contribution in [2.45, 2.75) is 50.0 Å². The summed E-state index contributed by atoms with van der Waals surface area (Å²) < 4.78 is 0. The molecule has 2 N–H and O–H groups in total. The maximum absolute atomic E-state index is 9.48. The van der Waals surface area contributed by atoms with Gasteiger partial charge in [0.2, 0.25) is 0 Å². The number of hydrogen-bond acceptors (Lipinski definition) is 3. The van der Waals surface area contributed by atoms with E-state index in [0.717, 1.165) is 31.6 Å². The van der Waals surface area contributed by atoms with Crippen molar-refractivity contribution in [3.8, 4) is 0 Å². The summed E-state index contributed by atoms with van der Waals surface area (Å²) in [5, 5.41) is 12.9. The van der Waals surface area contributed by atoms with E-state index < -0.39 is 0 Å². The quantitative estimate of drug-likeness (QED) is 0.506. The first kappa shape index (κ1) is 16.5. The molecule has 0 saturated carbocycles. The lowest BCUT2D eigenvalue weighted by Gasteiger charge is -2.28. The van der Waals surface area contributed by atoms with E-state index in [9.17, 15) is 5.11 Å². The maximum atomic E-state index is 9.48. The predicted molar refractivity (Wildman–Crippen MR) is 84.8 cm³/mol. The molecule has 2 nitrogen and oxygen atoms in total. The van der Waals surface area contributed by atoms with Crippen LogP contribution in [0.2, 0.25) is 0 Å². The highest BCUT2D eigenvalue weighted by atomic mass is 32.2. The van der Waals surface area contributed by atoms with E-state index in [2.05, 4.69) is 49.5 Å². The molecule has 3 heteroatoms. The fourth-order valence-electron chi connectivity index (χ4n) is 1.97. The second-order valence-electron chi connectivity index (χ2n) is 5.26. The number of nitrogens with one attached hydrogen (secondary N) is 1. The second kappa shape index (κ2) is 9.40. The third kappa shape index (κ3) is 7.00. The van der Waals surface area contributed by atoms with Crippen molar-refractivity contribution in [2.75, 3.05) is 18.9 Å². The Morgan fingerprint density at radius 3 is 2.58 bits per heavy atom. The van der Waals surface area contributed by atoms with Crippen LogP contribution in [0.15, 0.2) is 35.2 Å². The molecule has 0 fully saturated rings. The number of benzene rings is 1. The molecular weight excluding hydrogens is 254 g/mol. The molecule has 1 aromatic carbocycles. The van der Waals surface area contributed by atoms with Gasteiger partial charge in [-0.25, -0.2) is 0 Å². The highest BCUT2D eigenvalue weighted by molar-refractivity contribution is 7.99. The van der Waals surface area contributed by atoms with E-state index >= 15 is 0 Å². The van der Waals surface area contributed by atoms with E-state index in [-0.39, 0.29) is 12.1 Å². The van der Waals surface area contributed by atoms with Gasteiger partial charge in [0.15, 0.2) is 0 Å². The molecule has 1 rings (SSSR count). The Balaban J connectivity index is 2.15. The molecule has 0 bridgehead atoms. The highest BCUT2D eigenvalue weighted by Crippen LogP contribution is 2.20. The molecule has 1 unspecified atom stereocenters. The lowest BCUT2D eigenvalue weighted by Crippen LogP contribution is -2.46. The van der Waals surface area contributed by atoms with Crippen LogP contribution in [0, 0.1) is 0 Å². The summed E-state index contributed by atoms with van der Waals surface area (Å²) in [4.78, 5) is 1.34. The first-order valence-electron chi connectivity index (χ1n) is 7.24. The topological polar surface area (TPSA) is 32.3 Å². The van der Waals surface area contributed by atoms with Crippen LogP contribution in [0.5, 0.6) is 0 Å². The first-order valence-corrected chi connectivity index (χ1v) is 8.22. The zero-order valence-corrected chi connectivity index (χ0v) is 13.0. The molecule has 108 valence electrons. The van der Waals surface area contributed by atoms with Gasteiger partial charge in [-0.15, -0.1) is 11.8 Å². The Kier molecular flexibility index (Phi) is 8.19. The van der Waals surface area contributed by atoms with Gasteiger partial charge >= 0.3 is 0 Å². The SMILES string of the molecule is CCCNC(C)(CO)CCCCSc1ccccc1. The zero-order chi connectivity index (χ0) is 14.0. The molecule has 0 aliphatic heterocycles. The molecule has 19 heavy (non-hydrogen) atoms. The van der Waals surface area contributed by atoms with Crippen molar-refractivity contribution in [1.29, 1.82) is 0 Å². The van der Waals surface area contributed by atoms with E-state index in [1.54, 1.807) is 0 Å². The molecule has 1 atom stereocenters. The third-order valence-electron chi connectivity index (χ3n) is 3.29. The third-order valence-corrected chi connectivity index (χ3v) is 4.38. The zero-order valence-electron chi connectivity index (χ0n) is 12.2. The fourth-order valence-corrected chi connectivity index (χ4v) is 2.91. The van der Waals surface area contributed by atoms with E-state index in [0.29, 0.717) is 0 Å². The average molecular weight is 281 g/mol. The first-order chi connectivity index (χ1) is 9.20. The minimum atomic E-state index is -0.104. The monoisotopic (exact) mass is 281 g/mol. The van der Waals surface area contributed by atoms with Gasteiger partial charge < -0.3 is 10.4 Å². The van der Waals surface area contributed by atoms with Crippen LogP contribution in [0.1, 0.15) is 39.5 Å². The Morgan fingerprint density at radius 2 is 1.95 bits per heavy atom. The van der Waals surface area contributed by atoms with E-state index in [1.807, 2.05) is 11.8 Å². The van der Waals surface area contributed by atoms with Gasteiger partial charge in [0.05, 0.1) is 6.61 Å². The van der Waals surface area contributed by atoms with Crippen LogP contribution in [-0.2, 0) is 0 Å². The number of unbranched alkanes of at least 4 members (excludes halogenated alkanes) is 1. The summed E-state index contributed by atoms with van der Waals surface area (Å²) in [6.45, 7) is 5.48. The molecule has 0 aliphatic rings. The molecule has 0 amide bonds. The number of aliphatic hydroxyl groups is 1. The Bertz CT molecular complexity index is 331. The lowest BCUT2D eigenvalue weighted by atomic mass is 9.96. The maximum Gasteiger partial charge on any atom is 0.0610 e. The molecule has 0 heterocycles. The molecule has 0 spiro atoms. The average Bonchev–Trinajstić information content (AvgIpc) is 2.46. The summed E-state index contributed by atoms with van der Waals surface area (Å²) in [5.41, 5.74) is -0.104. The van der Waals surface area contributed by atoms with E-state index in [4.69, 9.17) is 0 Å². The van der Waals surface area contributed by atoms with Crippen LogP contribution in [0.25, 0.3) is 0 Å². The Hall–Kier alpha value is -0.510. The predicted octanol–water partition coefficient (Wildman–Crippen LogP) is 3.70. The Labute approximate surface area is 122 Å². The van der Waals surface area contributed by atoms with Crippen molar-refractivity contribution in [1.82, 2.24) is 5.32 Å². The standard InChI is InChI=1S/C16H27NOS/c1-3-12-17-16(2,14-18)11-7-8-13-19-15-9-5-4-6-10-15/h4-6,9-10,17-18H,3,7-8,11-14H2,1-2H3. The lowest BCUT2D eigenvalue weighted by molar-refractivity contribution is 0.163. The van der Waals surface area contributed by atoms with Gasteiger partial charge in [0, 0.05) is 10.4 Å². The van der Waals surface area contributed by atoms with Gasteiger partial charge in [-0.2, -0.15) is 0 Å². The van der Waals surface area contributed by atoms with Gasteiger partial charge in [-0.05, 0) is 50.6 Å². The largest absolute Gasteiger partial charge is 0.394 e. The number of aliphatic hydroxyl groups excluding tert-OH is 1. The summed E-state index contributed by atoms with van der Waals surface area (Å²) in [7, 11) is 0.